The second-order valence-electron chi connectivity index (χ2n) is 5.72. The lowest BCUT2D eigenvalue weighted by Gasteiger charge is -2.13. The van der Waals surface area contributed by atoms with Gasteiger partial charge < -0.3 is 0 Å². The molecule has 0 bridgehead atoms. The zero-order chi connectivity index (χ0) is 17.4. The second-order valence-corrected chi connectivity index (χ2v) is 7.37. The van der Waals surface area contributed by atoms with Gasteiger partial charge in [-0.2, -0.15) is 0 Å². The summed E-state index contributed by atoms with van der Waals surface area (Å²) in [5.41, 5.74) is 0.492. The quantitative estimate of drug-likeness (QED) is 0.569. The molecule has 0 aromatic heterocycles. The van der Waals surface area contributed by atoms with Gasteiger partial charge in [-0.3, -0.25) is 4.72 Å². The zero-order valence-electron chi connectivity index (χ0n) is 13.1. The van der Waals surface area contributed by atoms with Crippen LogP contribution in [0.2, 0.25) is 0 Å². The maximum Gasteiger partial charge on any atom is 0.262 e. The maximum absolute atomic E-state index is 14.0. The minimum Gasteiger partial charge on any atom is -0.279 e. The molecule has 1 N–H and O–H groups in total. The molecule has 0 fully saturated rings. The fourth-order valence-electron chi connectivity index (χ4n) is 2.98. The Morgan fingerprint density at radius 2 is 1.32 bits per heavy atom. The first-order valence-electron chi connectivity index (χ1n) is 7.74. The van der Waals surface area contributed by atoms with E-state index in [1.807, 2.05) is 30.3 Å². The van der Waals surface area contributed by atoms with E-state index in [1.54, 1.807) is 36.4 Å². The Morgan fingerprint density at radius 3 is 2.12 bits per heavy atom. The van der Waals surface area contributed by atoms with Gasteiger partial charge in [-0.25, -0.2) is 12.8 Å². The van der Waals surface area contributed by atoms with Crippen LogP contribution in [0.25, 0.3) is 21.5 Å². The van der Waals surface area contributed by atoms with Crippen molar-refractivity contribution in [2.45, 2.75) is 4.90 Å². The van der Waals surface area contributed by atoms with Crippen molar-refractivity contribution in [2.24, 2.45) is 0 Å². The smallest absolute Gasteiger partial charge is 0.262 e. The van der Waals surface area contributed by atoms with E-state index in [-0.39, 0.29) is 10.3 Å². The summed E-state index contributed by atoms with van der Waals surface area (Å²) in [6, 6.07) is 22.0. The summed E-state index contributed by atoms with van der Waals surface area (Å²) in [5, 5.41) is 2.38. The standard InChI is InChI=1S/C20H14FNO2S/c21-18-12-13-20(17-10-4-3-9-16(17)18)25(23,24)22-19-11-5-7-14-6-1-2-8-15(14)19/h1-13,22H. The normalized spacial score (nSPS) is 11.7. The molecule has 0 saturated carbocycles. The summed E-state index contributed by atoms with van der Waals surface area (Å²) in [6.45, 7) is 0. The van der Waals surface area contributed by atoms with E-state index in [0.717, 1.165) is 10.8 Å². The molecule has 124 valence electrons. The fraction of sp³-hybridized carbons (Fsp3) is 0. The molecule has 4 aromatic carbocycles. The molecule has 0 atom stereocenters. The second kappa shape index (κ2) is 5.86. The van der Waals surface area contributed by atoms with Crippen LogP contribution in [0, 0.1) is 5.82 Å². The minimum atomic E-state index is -3.86. The molecular formula is C20H14FNO2S. The Morgan fingerprint density at radius 1 is 0.680 bits per heavy atom. The van der Waals surface area contributed by atoms with Gasteiger partial charge >= 0.3 is 0 Å². The molecule has 3 nitrogen and oxygen atoms in total. The number of anilines is 1. The summed E-state index contributed by atoms with van der Waals surface area (Å²) in [7, 11) is -3.86. The Bertz CT molecular complexity index is 1200. The number of halogens is 1. The summed E-state index contributed by atoms with van der Waals surface area (Å²) >= 11 is 0. The summed E-state index contributed by atoms with van der Waals surface area (Å²) < 4.78 is 42.5. The van der Waals surface area contributed by atoms with Gasteiger partial charge in [-0.15, -0.1) is 0 Å². The molecule has 0 heterocycles. The number of sulfonamides is 1. The molecule has 0 amide bonds. The van der Waals surface area contributed by atoms with Crippen molar-refractivity contribution in [1.82, 2.24) is 0 Å². The average Bonchev–Trinajstić information content (AvgIpc) is 2.62. The van der Waals surface area contributed by atoms with Gasteiger partial charge in [0.1, 0.15) is 5.82 Å². The van der Waals surface area contributed by atoms with Crippen LogP contribution in [0.4, 0.5) is 10.1 Å². The predicted molar refractivity (Wildman–Crippen MR) is 98.7 cm³/mol. The SMILES string of the molecule is O=S(=O)(Nc1cccc2ccccc12)c1ccc(F)c2ccccc12. The highest BCUT2D eigenvalue weighted by molar-refractivity contribution is 7.93. The van der Waals surface area contributed by atoms with Crippen LogP contribution >= 0.6 is 0 Å². The molecule has 0 aliphatic rings. The van der Waals surface area contributed by atoms with E-state index in [9.17, 15) is 12.8 Å². The number of rotatable bonds is 3. The molecule has 4 aromatic rings. The lowest BCUT2D eigenvalue weighted by atomic mass is 10.1. The van der Waals surface area contributed by atoms with Crippen LogP contribution in [0.3, 0.4) is 0 Å². The highest BCUT2D eigenvalue weighted by Gasteiger charge is 2.19. The van der Waals surface area contributed by atoms with Gasteiger partial charge in [0.05, 0.1) is 10.6 Å². The summed E-state index contributed by atoms with van der Waals surface area (Å²) in [6.07, 6.45) is 0. The Labute approximate surface area is 144 Å². The average molecular weight is 351 g/mol. The molecule has 0 aliphatic carbocycles. The highest BCUT2D eigenvalue weighted by atomic mass is 32.2. The third kappa shape index (κ3) is 2.72. The van der Waals surface area contributed by atoms with Gasteiger partial charge in [-0.1, -0.05) is 60.7 Å². The van der Waals surface area contributed by atoms with Gasteiger partial charge in [0.25, 0.3) is 10.0 Å². The van der Waals surface area contributed by atoms with E-state index in [4.69, 9.17) is 0 Å². The van der Waals surface area contributed by atoms with Crippen LogP contribution in [-0.4, -0.2) is 8.42 Å². The number of fused-ring (bicyclic) bond motifs is 2. The lowest BCUT2D eigenvalue weighted by molar-refractivity contribution is 0.601. The minimum absolute atomic E-state index is 0.0532. The van der Waals surface area contributed by atoms with Gasteiger partial charge in [-0.05, 0) is 23.6 Å². The van der Waals surface area contributed by atoms with Crippen molar-refractivity contribution in [1.29, 1.82) is 0 Å². The summed E-state index contributed by atoms with van der Waals surface area (Å²) in [4.78, 5) is 0.0532. The van der Waals surface area contributed by atoms with Crippen molar-refractivity contribution in [2.75, 3.05) is 4.72 Å². The molecule has 0 radical (unpaired) electrons. The van der Waals surface area contributed by atoms with Gasteiger partial charge in [0.15, 0.2) is 0 Å². The van der Waals surface area contributed by atoms with E-state index >= 15 is 0 Å². The highest BCUT2D eigenvalue weighted by Crippen LogP contribution is 2.29. The molecule has 0 aliphatic heterocycles. The van der Waals surface area contributed by atoms with Crippen LogP contribution in [0.5, 0.6) is 0 Å². The monoisotopic (exact) mass is 351 g/mol. The topological polar surface area (TPSA) is 46.2 Å². The van der Waals surface area contributed by atoms with Crippen LogP contribution in [0.1, 0.15) is 0 Å². The van der Waals surface area contributed by atoms with Crippen molar-refractivity contribution in [3.8, 4) is 0 Å². The van der Waals surface area contributed by atoms with Gasteiger partial charge in [0, 0.05) is 16.2 Å². The van der Waals surface area contributed by atoms with Crippen LogP contribution < -0.4 is 4.72 Å². The fourth-order valence-corrected chi connectivity index (χ4v) is 4.28. The first kappa shape index (κ1) is 15.6. The van der Waals surface area contributed by atoms with Crippen molar-refractivity contribution < 1.29 is 12.8 Å². The number of nitrogens with one attached hydrogen (secondary N) is 1. The van der Waals surface area contributed by atoms with Crippen molar-refractivity contribution in [3.05, 3.63) is 84.7 Å². The Kier molecular flexibility index (Phi) is 3.66. The van der Waals surface area contributed by atoms with E-state index in [2.05, 4.69) is 4.72 Å². The molecule has 5 heteroatoms. The van der Waals surface area contributed by atoms with Crippen molar-refractivity contribution in [3.63, 3.8) is 0 Å². The largest absolute Gasteiger partial charge is 0.279 e. The first-order chi connectivity index (χ1) is 12.1. The van der Waals surface area contributed by atoms with E-state index < -0.39 is 15.8 Å². The zero-order valence-corrected chi connectivity index (χ0v) is 13.9. The number of hydrogen-bond donors (Lipinski definition) is 1. The number of hydrogen-bond acceptors (Lipinski definition) is 2. The maximum atomic E-state index is 14.0. The predicted octanol–water partition coefficient (Wildman–Crippen LogP) is 4.93. The molecule has 0 unspecified atom stereocenters. The summed E-state index contributed by atoms with van der Waals surface area (Å²) in [5.74, 6) is -0.445. The Balaban J connectivity index is 1.87. The van der Waals surface area contributed by atoms with Crippen LogP contribution in [0.15, 0.2) is 83.8 Å². The third-order valence-corrected chi connectivity index (χ3v) is 5.58. The van der Waals surface area contributed by atoms with E-state index in [1.165, 1.54) is 12.1 Å². The third-order valence-electron chi connectivity index (χ3n) is 4.15. The van der Waals surface area contributed by atoms with Gasteiger partial charge in [0.2, 0.25) is 0 Å². The molecule has 0 spiro atoms. The molecule has 4 rings (SSSR count). The van der Waals surface area contributed by atoms with Crippen molar-refractivity contribution >= 4 is 37.3 Å². The molecule has 25 heavy (non-hydrogen) atoms. The molecular weight excluding hydrogens is 337 g/mol. The molecule has 0 saturated heterocycles. The van der Waals surface area contributed by atoms with E-state index in [0.29, 0.717) is 11.1 Å². The Hall–Kier alpha value is -2.92. The number of benzene rings is 4. The lowest BCUT2D eigenvalue weighted by Crippen LogP contribution is -2.13. The first-order valence-corrected chi connectivity index (χ1v) is 9.22. The van der Waals surface area contributed by atoms with Crippen LogP contribution in [-0.2, 0) is 10.0 Å².